The molecule has 0 heterocycles. The third kappa shape index (κ3) is 2.72. The van der Waals surface area contributed by atoms with E-state index in [-0.39, 0.29) is 0 Å². The molecule has 0 spiro atoms. The maximum absolute atomic E-state index is 3.74. The van der Waals surface area contributed by atoms with Crippen molar-refractivity contribution in [2.24, 2.45) is 0 Å². The van der Waals surface area contributed by atoms with Crippen LogP contribution in [0.3, 0.4) is 0 Å². The van der Waals surface area contributed by atoms with Gasteiger partial charge in [0.2, 0.25) is 0 Å². The molecule has 0 bridgehead atoms. The van der Waals surface area contributed by atoms with E-state index in [4.69, 9.17) is 0 Å². The van der Waals surface area contributed by atoms with Gasteiger partial charge in [-0.1, -0.05) is 50.5 Å². The van der Waals surface area contributed by atoms with Gasteiger partial charge in [0, 0.05) is 6.04 Å². The van der Waals surface area contributed by atoms with Gasteiger partial charge in [0.1, 0.15) is 0 Å². The summed E-state index contributed by atoms with van der Waals surface area (Å²) in [6.07, 6.45) is 9.80. The first-order valence-corrected chi connectivity index (χ1v) is 8.22. The molecule has 1 aromatic rings. The Balaban J connectivity index is 1.86. The van der Waals surface area contributed by atoms with Gasteiger partial charge < -0.3 is 5.32 Å². The minimum absolute atomic E-state index is 0.708. The standard InChI is InChI=1S/C18H27N/c1-2-19-18-13-6-5-12-17(18)16-11-4-3-10-15(16)14-8-7-9-14/h3-4,10-11,14,17-19H,2,5-9,12-13H2,1H3. The van der Waals surface area contributed by atoms with Crippen molar-refractivity contribution in [3.63, 3.8) is 0 Å². The number of likely N-dealkylation sites (N-methyl/N-ethyl adjacent to an activating group) is 1. The van der Waals surface area contributed by atoms with Gasteiger partial charge in [-0.2, -0.15) is 0 Å². The average Bonchev–Trinajstić information content (AvgIpc) is 2.39. The monoisotopic (exact) mass is 257 g/mol. The molecule has 2 saturated carbocycles. The second-order valence-electron chi connectivity index (χ2n) is 6.31. The zero-order valence-electron chi connectivity index (χ0n) is 12.2. The highest BCUT2D eigenvalue weighted by Gasteiger charge is 2.30. The minimum atomic E-state index is 0.708. The summed E-state index contributed by atoms with van der Waals surface area (Å²) in [7, 11) is 0. The predicted molar refractivity (Wildman–Crippen MR) is 81.7 cm³/mol. The number of hydrogen-bond donors (Lipinski definition) is 1. The third-order valence-electron chi connectivity index (χ3n) is 5.17. The van der Waals surface area contributed by atoms with Gasteiger partial charge in [0.05, 0.1) is 0 Å². The Kier molecular flexibility index (Phi) is 4.22. The molecule has 2 fully saturated rings. The van der Waals surface area contributed by atoms with Crippen LogP contribution >= 0.6 is 0 Å². The Morgan fingerprint density at radius 1 is 0.947 bits per heavy atom. The van der Waals surface area contributed by atoms with Gasteiger partial charge in [-0.25, -0.2) is 0 Å². The molecule has 1 N–H and O–H groups in total. The molecule has 3 rings (SSSR count). The molecule has 2 aliphatic rings. The molecule has 1 aromatic carbocycles. The number of nitrogens with one attached hydrogen (secondary N) is 1. The quantitative estimate of drug-likeness (QED) is 0.832. The lowest BCUT2D eigenvalue weighted by Gasteiger charge is -2.36. The van der Waals surface area contributed by atoms with Gasteiger partial charge in [-0.05, 0) is 55.2 Å². The van der Waals surface area contributed by atoms with Crippen LogP contribution in [0.15, 0.2) is 24.3 Å². The Hall–Kier alpha value is -0.820. The van der Waals surface area contributed by atoms with Crippen molar-refractivity contribution in [2.45, 2.75) is 69.7 Å². The van der Waals surface area contributed by atoms with E-state index >= 15 is 0 Å². The Bertz CT molecular complexity index is 406. The van der Waals surface area contributed by atoms with Crippen molar-refractivity contribution in [3.8, 4) is 0 Å². The highest BCUT2D eigenvalue weighted by atomic mass is 14.9. The smallest absolute Gasteiger partial charge is 0.0136 e. The fraction of sp³-hybridized carbons (Fsp3) is 0.667. The molecular weight excluding hydrogens is 230 g/mol. The van der Waals surface area contributed by atoms with Crippen LogP contribution in [0.2, 0.25) is 0 Å². The zero-order valence-corrected chi connectivity index (χ0v) is 12.2. The zero-order chi connectivity index (χ0) is 13.1. The molecule has 104 valence electrons. The molecular formula is C18H27N. The molecule has 0 aliphatic heterocycles. The fourth-order valence-corrected chi connectivity index (χ4v) is 3.95. The lowest BCUT2D eigenvalue weighted by atomic mass is 9.72. The van der Waals surface area contributed by atoms with E-state index in [9.17, 15) is 0 Å². The summed E-state index contributed by atoms with van der Waals surface area (Å²) in [5, 5.41) is 3.74. The van der Waals surface area contributed by atoms with Crippen LogP contribution in [0.25, 0.3) is 0 Å². The highest BCUT2D eigenvalue weighted by Crippen LogP contribution is 2.43. The van der Waals surface area contributed by atoms with Gasteiger partial charge >= 0.3 is 0 Å². The van der Waals surface area contributed by atoms with Crippen LogP contribution < -0.4 is 5.32 Å². The molecule has 1 nitrogen and oxygen atoms in total. The summed E-state index contributed by atoms with van der Waals surface area (Å²) in [6.45, 7) is 3.34. The van der Waals surface area contributed by atoms with E-state index in [1.165, 1.54) is 44.9 Å². The summed E-state index contributed by atoms with van der Waals surface area (Å²) in [4.78, 5) is 0. The third-order valence-corrected chi connectivity index (χ3v) is 5.17. The predicted octanol–water partition coefficient (Wildman–Crippen LogP) is 4.59. The number of rotatable bonds is 4. The van der Waals surface area contributed by atoms with Crippen molar-refractivity contribution in [3.05, 3.63) is 35.4 Å². The van der Waals surface area contributed by atoms with E-state index in [1.54, 1.807) is 11.1 Å². The van der Waals surface area contributed by atoms with Crippen LogP contribution in [0.4, 0.5) is 0 Å². The van der Waals surface area contributed by atoms with Crippen LogP contribution in [-0.2, 0) is 0 Å². The van der Waals surface area contributed by atoms with E-state index in [0.29, 0.717) is 6.04 Å². The van der Waals surface area contributed by atoms with Crippen molar-refractivity contribution in [1.29, 1.82) is 0 Å². The molecule has 2 aliphatic carbocycles. The Morgan fingerprint density at radius 2 is 1.68 bits per heavy atom. The van der Waals surface area contributed by atoms with E-state index in [2.05, 4.69) is 36.5 Å². The second-order valence-corrected chi connectivity index (χ2v) is 6.31. The number of hydrogen-bond acceptors (Lipinski definition) is 1. The van der Waals surface area contributed by atoms with E-state index < -0.39 is 0 Å². The summed E-state index contributed by atoms with van der Waals surface area (Å²) in [5.74, 6) is 1.62. The molecule has 2 atom stereocenters. The van der Waals surface area contributed by atoms with Crippen LogP contribution in [0.5, 0.6) is 0 Å². The Labute approximate surface area is 117 Å². The maximum Gasteiger partial charge on any atom is 0.0136 e. The molecule has 19 heavy (non-hydrogen) atoms. The summed E-state index contributed by atoms with van der Waals surface area (Å²) < 4.78 is 0. The molecule has 1 heteroatoms. The Morgan fingerprint density at radius 3 is 2.37 bits per heavy atom. The lowest BCUT2D eigenvalue weighted by Crippen LogP contribution is -2.37. The van der Waals surface area contributed by atoms with E-state index in [0.717, 1.165) is 18.4 Å². The fourth-order valence-electron chi connectivity index (χ4n) is 3.95. The van der Waals surface area contributed by atoms with Crippen molar-refractivity contribution in [2.75, 3.05) is 6.54 Å². The molecule has 2 unspecified atom stereocenters. The van der Waals surface area contributed by atoms with Gasteiger partial charge in [-0.15, -0.1) is 0 Å². The SMILES string of the molecule is CCNC1CCCCC1c1ccccc1C1CCC1. The van der Waals surface area contributed by atoms with Crippen LogP contribution in [0, 0.1) is 0 Å². The van der Waals surface area contributed by atoms with Gasteiger partial charge in [0.15, 0.2) is 0 Å². The first-order valence-electron chi connectivity index (χ1n) is 8.22. The van der Waals surface area contributed by atoms with Crippen LogP contribution in [-0.4, -0.2) is 12.6 Å². The second kappa shape index (κ2) is 6.09. The van der Waals surface area contributed by atoms with Crippen LogP contribution in [0.1, 0.15) is 74.8 Å². The molecule has 0 amide bonds. The van der Waals surface area contributed by atoms with Crippen molar-refractivity contribution in [1.82, 2.24) is 5.32 Å². The summed E-state index contributed by atoms with van der Waals surface area (Å²) in [5.41, 5.74) is 3.33. The minimum Gasteiger partial charge on any atom is -0.314 e. The first-order chi connectivity index (χ1) is 9.40. The molecule has 0 aromatic heterocycles. The average molecular weight is 257 g/mol. The van der Waals surface area contributed by atoms with Crippen molar-refractivity contribution < 1.29 is 0 Å². The van der Waals surface area contributed by atoms with Gasteiger partial charge in [-0.3, -0.25) is 0 Å². The van der Waals surface area contributed by atoms with Gasteiger partial charge in [0.25, 0.3) is 0 Å². The summed E-state index contributed by atoms with van der Waals surface area (Å²) in [6, 6.07) is 10.0. The van der Waals surface area contributed by atoms with Crippen molar-refractivity contribution >= 4 is 0 Å². The maximum atomic E-state index is 3.74. The highest BCUT2D eigenvalue weighted by molar-refractivity contribution is 5.35. The topological polar surface area (TPSA) is 12.0 Å². The number of benzene rings is 1. The molecule has 0 radical (unpaired) electrons. The lowest BCUT2D eigenvalue weighted by molar-refractivity contribution is 0.326. The normalized spacial score (nSPS) is 28.1. The molecule has 0 saturated heterocycles. The van der Waals surface area contributed by atoms with E-state index in [1.807, 2.05) is 0 Å². The summed E-state index contributed by atoms with van der Waals surface area (Å²) >= 11 is 0. The first kappa shape index (κ1) is 13.2. The largest absolute Gasteiger partial charge is 0.314 e.